The molecular weight excluding hydrogens is 279 g/mol. The average Bonchev–Trinajstić information content (AvgIpc) is 2.42. The van der Waals surface area contributed by atoms with Gasteiger partial charge in [-0.15, -0.1) is 0 Å². The molecule has 0 aliphatic carbocycles. The van der Waals surface area contributed by atoms with Crippen LogP contribution in [0.3, 0.4) is 0 Å². The van der Waals surface area contributed by atoms with E-state index in [-0.39, 0.29) is 0 Å². The molecule has 1 aliphatic rings. The van der Waals surface area contributed by atoms with Gasteiger partial charge in [0.1, 0.15) is 0 Å². The van der Waals surface area contributed by atoms with Gasteiger partial charge in [0.15, 0.2) is 0 Å². The van der Waals surface area contributed by atoms with E-state index in [4.69, 9.17) is 0 Å². The summed E-state index contributed by atoms with van der Waals surface area (Å²) < 4.78 is 2.20. The standard InChI is InChI=1S/C8H11IN4/c1-12(2)8-10-3-6-4-13(9)5-7(6)11-8/h3H,4-5H2,1-2H3. The minimum absolute atomic E-state index is 0.797. The van der Waals surface area contributed by atoms with Crippen molar-refractivity contribution in [2.75, 3.05) is 19.0 Å². The zero-order chi connectivity index (χ0) is 9.42. The lowest BCUT2D eigenvalue weighted by Gasteiger charge is -2.09. The van der Waals surface area contributed by atoms with Gasteiger partial charge in [0.05, 0.1) is 12.2 Å². The first kappa shape index (κ1) is 9.14. The summed E-state index contributed by atoms with van der Waals surface area (Å²) in [7, 11) is 3.91. The Balaban J connectivity index is 2.35. The molecule has 0 amide bonds. The number of aromatic nitrogens is 2. The van der Waals surface area contributed by atoms with Crippen molar-refractivity contribution in [1.82, 2.24) is 13.1 Å². The normalized spacial score (nSPS) is 15.9. The van der Waals surface area contributed by atoms with Gasteiger partial charge in [-0.1, -0.05) is 0 Å². The van der Waals surface area contributed by atoms with Crippen LogP contribution in [0.1, 0.15) is 11.3 Å². The Morgan fingerprint density at radius 3 is 2.92 bits per heavy atom. The van der Waals surface area contributed by atoms with Crippen molar-refractivity contribution in [3.05, 3.63) is 17.5 Å². The molecule has 0 atom stereocenters. The van der Waals surface area contributed by atoms with Crippen molar-refractivity contribution in [3.8, 4) is 0 Å². The van der Waals surface area contributed by atoms with Crippen LogP contribution in [0.25, 0.3) is 0 Å². The highest BCUT2D eigenvalue weighted by atomic mass is 127. The molecule has 2 heterocycles. The lowest BCUT2D eigenvalue weighted by molar-refractivity contribution is 0.550. The van der Waals surface area contributed by atoms with Gasteiger partial charge in [0.2, 0.25) is 5.95 Å². The molecule has 4 nitrogen and oxygen atoms in total. The minimum Gasteiger partial charge on any atom is -0.347 e. The number of halogens is 1. The summed E-state index contributed by atoms with van der Waals surface area (Å²) in [6.45, 7) is 1.89. The third-order valence-corrected chi connectivity index (χ3v) is 2.69. The predicted molar refractivity (Wildman–Crippen MR) is 59.6 cm³/mol. The van der Waals surface area contributed by atoms with E-state index in [2.05, 4.69) is 35.9 Å². The van der Waals surface area contributed by atoms with Gasteiger partial charge in [-0.3, -0.25) is 0 Å². The third-order valence-electron chi connectivity index (χ3n) is 2.00. The second-order valence-electron chi connectivity index (χ2n) is 3.32. The second-order valence-corrected chi connectivity index (χ2v) is 4.68. The fourth-order valence-corrected chi connectivity index (χ4v) is 2.01. The smallest absolute Gasteiger partial charge is 0.225 e. The fourth-order valence-electron chi connectivity index (χ4n) is 1.32. The highest BCUT2D eigenvalue weighted by Crippen LogP contribution is 2.24. The number of hydrogen-bond donors (Lipinski definition) is 0. The average molecular weight is 290 g/mol. The van der Waals surface area contributed by atoms with Gasteiger partial charge in [0, 0.05) is 55.3 Å². The predicted octanol–water partition coefficient (Wildman–Crippen LogP) is 1.21. The maximum absolute atomic E-state index is 4.47. The summed E-state index contributed by atoms with van der Waals surface area (Å²) in [6, 6.07) is 0. The summed E-state index contributed by atoms with van der Waals surface area (Å²) in [5.41, 5.74) is 2.41. The van der Waals surface area contributed by atoms with E-state index in [0.29, 0.717) is 0 Å². The van der Waals surface area contributed by atoms with Crippen LogP contribution in [0.15, 0.2) is 6.20 Å². The van der Waals surface area contributed by atoms with E-state index in [1.54, 1.807) is 0 Å². The van der Waals surface area contributed by atoms with Gasteiger partial charge in [-0.2, -0.15) is 0 Å². The molecule has 1 aromatic heterocycles. The van der Waals surface area contributed by atoms with E-state index < -0.39 is 0 Å². The Hall–Kier alpha value is -0.430. The largest absolute Gasteiger partial charge is 0.347 e. The van der Waals surface area contributed by atoms with Crippen molar-refractivity contribution < 1.29 is 0 Å². The lowest BCUT2D eigenvalue weighted by Crippen LogP contribution is -2.13. The molecule has 0 bridgehead atoms. The molecule has 2 rings (SSSR count). The fraction of sp³-hybridized carbons (Fsp3) is 0.500. The van der Waals surface area contributed by atoms with Crippen LogP contribution in [-0.4, -0.2) is 27.2 Å². The minimum atomic E-state index is 0.797. The summed E-state index contributed by atoms with van der Waals surface area (Å²) in [5.74, 6) is 0.797. The molecule has 0 saturated heterocycles. The quantitative estimate of drug-likeness (QED) is 0.575. The Labute approximate surface area is 91.5 Å². The lowest BCUT2D eigenvalue weighted by atomic mass is 10.3. The van der Waals surface area contributed by atoms with Crippen molar-refractivity contribution in [3.63, 3.8) is 0 Å². The topological polar surface area (TPSA) is 32.3 Å². The molecule has 5 heteroatoms. The monoisotopic (exact) mass is 290 g/mol. The van der Waals surface area contributed by atoms with Gasteiger partial charge in [-0.25, -0.2) is 13.1 Å². The van der Waals surface area contributed by atoms with Crippen LogP contribution in [0, 0.1) is 0 Å². The van der Waals surface area contributed by atoms with E-state index in [1.807, 2.05) is 25.2 Å². The third kappa shape index (κ3) is 1.76. The highest BCUT2D eigenvalue weighted by Gasteiger charge is 2.19. The first-order chi connectivity index (χ1) is 6.16. The molecule has 0 unspecified atom stereocenters. The zero-order valence-corrected chi connectivity index (χ0v) is 9.82. The molecule has 0 saturated carbocycles. The van der Waals surface area contributed by atoms with E-state index >= 15 is 0 Å². The van der Waals surface area contributed by atoms with Crippen LogP contribution in [0.2, 0.25) is 0 Å². The first-order valence-electron chi connectivity index (χ1n) is 4.09. The maximum Gasteiger partial charge on any atom is 0.225 e. The summed E-state index contributed by atoms with van der Waals surface area (Å²) >= 11 is 2.31. The van der Waals surface area contributed by atoms with Crippen LogP contribution >= 0.6 is 22.9 Å². The number of fused-ring (bicyclic) bond motifs is 1. The molecule has 0 N–H and O–H groups in total. The van der Waals surface area contributed by atoms with Crippen molar-refractivity contribution >= 4 is 28.8 Å². The Morgan fingerprint density at radius 1 is 1.46 bits per heavy atom. The highest BCUT2D eigenvalue weighted by molar-refractivity contribution is 14.1. The molecule has 1 aliphatic heterocycles. The molecule has 1 aromatic rings. The van der Waals surface area contributed by atoms with Gasteiger partial charge < -0.3 is 4.90 Å². The zero-order valence-electron chi connectivity index (χ0n) is 7.66. The van der Waals surface area contributed by atoms with Crippen molar-refractivity contribution in [2.24, 2.45) is 0 Å². The Bertz CT molecular complexity index is 326. The van der Waals surface area contributed by atoms with Crippen molar-refractivity contribution in [1.29, 1.82) is 0 Å². The second kappa shape index (κ2) is 3.38. The van der Waals surface area contributed by atoms with E-state index in [9.17, 15) is 0 Å². The van der Waals surface area contributed by atoms with Gasteiger partial charge in [0.25, 0.3) is 0 Å². The molecule has 13 heavy (non-hydrogen) atoms. The SMILES string of the molecule is CN(C)c1ncc2c(n1)CN(I)C2. The number of nitrogens with zero attached hydrogens (tertiary/aromatic N) is 4. The van der Waals surface area contributed by atoms with E-state index in [1.165, 1.54) is 5.56 Å². The Morgan fingerprint density at radius 2 is 2.23 bits per heavy atom. The van der Waals surface area contributed by atoms with Gasteiger partial charge in [-0.05, 0) is 0 Å². The number of anilines is 1. The van der Waals surface area contributed by atoms with Crippen LogP contribution in [0.5, 0.6) is 0 Å². The van der Waals surface area contributed by atoms with Crippen LogP contribution in [-0.2, 0) is 13.1 Å². The molecule has 0 spiro atoms. The summed E-state index contributed by atoms with van der Waals surface area (Å²) in [5, 5.41) is 0. The Kier molecular flexibility index (Phi) is 2.37. The summed E-state index contributed by atoms with van der Waals surface area (Å²) in [4.78, 5) is 10.7. The number of rotatable bonds is 1. The maximum atomic E-state index is 4.47. The molecular formula is C8H11IN4. The molecule has 0 fully saturated rings. The van der Waals surface area contributed by atoms with Crippen LogP contribution in [0.4, 0.5) is 5.95 Å². The molecule has 70 valence electrons. The van der Waals surface area contributed by atoms with Crippen LogP contribution < -0.4 is 4.90 Å². The van der Waals surface area contributed by atoms with Gasteiger partial charge >= 0.3 is 0 Å². The first-order valence-corrected chi connectivity index (χ1v) is 5.06. The van der Waals surface area contributed by atoms with Crippen molar-refractivity contribution in [2.45, 2.75) is 13.1 Å². The molecule has 0 aromatic carbocycles. The summed E-state index contributed by atoms with van der Waals surface area (Å²) in [6.07, 6.45) is 1.93. The molecule has 0 radical (unpaired) electrons. The number of hydrogen-bond acceptors (Lipinski definition) is 4. The van der Waals surface area contributed by atoms with E-state index in [0.717, 1.165) is 24.7 Å².